The summed E-state index contributed by atoms with van der Waals surface area (Å²) in [5.41, 5.74) is 10.0. The van der Waals surface area contributed by atoms with E-state index in [1.807, 2.05) is 65.6 Å². The number of hydrogen-bond donors (Lipinski definition) is 0. The van der Waals surface area contributed by atoms with Gasteiger partial charge in [-0.1, -0.05) is 152 Å². The van der Waals surface area contributed by atoms with Crippen LogP contribution >= 0.6 is 0 Å². The van der Waals surface area contributed by atoms with Crippen molar-refractivity contribution in [2.24, 2.45) is 92.7 Å². The molecule has 22 atom stereocenters. The van der Waals surface area contributed by atoms with Crippen LogP contribution in [-0.4, -0.2) is 70.6 Å². The number of hydrogen-bond acceptors (Lipinski definition) is 6. The third kappa shape index (κ3) is 8.25. The second-order valence-corrected chi connectivity index (χ2v) is 31.2. The number of carbonyl (C=O) groups is 2. The molecule has 0 aromatic heterocycles. The largest absolute Gasteiger partial charge is 0.445 e. The van der Waals surface area contributed by atoms with Crippen LogP contribution in [0.4, 0.5) is 9.59 Å². The van der Waals surface area contributed by atoms with Gasteiger partial charge in [-0.05, 0) is 208 Å². The van der Waals surface area contributed by atoms with Crippen molar-refractivity contribution < 1.29 is 28.5 Å². The summed E-state index contributed by atoms with van der Waals surface area (Å²) in [6.45, 7) is 26.7. The van der Waals surface area contributed by atoms with Crippen LogP contribution in [0, 0.1) is 92.7 Å². The molecule has 0 bridgehead atoms. The van der Waals surface area contributed by atoms with Gasteiger partial charge in [-0.15, -0.1) is 0 Å². The monoisotopic (exact) mass is 1100 g/mol. The fourth-order valence-corrected chi connectivity index (χ4v) is 23.1. The normalized spacial score (nSPS) is 47.6. The van der Waals surface area contributed by atoms with E-state index in [1.54, 1.807) is 16.7 Å². The highest BCUT2D eigenvalue weighted by Crippen LogP contribution is 2.87. The summed E-state index contributed by atoms with van der Waals surface area (Å²) < 4.78 is 26.5. The summed E-state index contributed by atoms with van der Waals surface area (Å²) in [5, 5.41) is 0. The van der Waals surface area contributed by atoms with Crippen LogP contribution in [-0.2, 0) is 32.2 Å². The summed E-state index contributed by atoms with van der Waals surface area (Å²) in [6.07, 6.45) is 26.9. The van der Waals surface area contributed by atoms with Gasteiger partial charge in [-0.2, -0.15) is 0 Å². The molecule has 8 nitrogen and oxygen atoms in total. The van der Waals surface area contributed by atoms with E-state index in [-0.39, 0.29) is 59.0 Å². The average Bonchev–Trinajstić information content (AvgIpc) is 1.55. The number of likely N-dealkylation sites (tertiary alicyclic amines) is 2. The Hall–Kier alpha value is -3.88. The summed E-state index contributed by atoms with van der Waals surface area (Å²) >= 11 is 0. The Morgan fingerprint density at radius 2 is 1.14 bits per heavy atom. The Morgan fingerprint density at radius 1 is 0.593 bits per heavy atom. The Morgan fingerprint density at radius 3 is 1.73 bits per heavy atom. The molecule has 8 heteroatoms. The van der Waals surface area contributed by atoms with Crippen LogP contribution < -0.4 is 0 Å². The summed E-state index contributed by atoms with van der Waals surface area (Å²) in [5.74, 6) is 7.98. The first kappa shape index (κ1) is 55.0. The van der Waals surface area contributed by atoms with Gasteiger partial charge in [0, 0.05) is 30.3 Å². The maximum absolute atomic E-state index is 13.6. The van der Waals surface area contributed by atoms with Crippen molar-refractivity contribution in [1.29, 1.82) is 0 Å². The molecule has 2 aromatic rings. The zero-order chi connectivity index (χ0) is 56.2. The number of ether oxygens (including phenoxy) is 4. The van der Waals surface area contributed by atoms with E-state index in [0.29, 0.717) is 53.1 Å². The first-order valence-corrected chi connectivity index (χ1v) is 33.2. The van der Waals surface area contributed by atoms with Gasteiger partial charge in [0.1, 0.15) is 13.2 Å². The molecule has 81 heavy (non-hydrogen) atoms. The van der Waals surface area contributed by atoms with Crippen molar-refractivity contribution in [1.82, 2.24) is 9.80 Å². The number of rotatable bonds is 4. The second-order valence-electron chi connectivity index (χ2n) is 31.2. The number of amides is 2. The zero-order valence-corrected chi connectivity index (χ0v) is 51.4. The highest BCUT2D eigenvalue weighted by Gasteiger charge is 2.85. The minimum atomic E-state index is -0.241. The van der Waals surface area contributed by atoms with Crippen LogP contribution in [0.3, 0.4) is 0 Å². The maximum Gasteiger partial charge on any atom is 0.410 e. The fraction of sp³-hybridized carbons (Fsp3) is 0.726. The van der Waals surface area contributed by atoms with Gasteiger partial charge in [0.25, 0.3) is 0 Å². The maximum atomic E-state index is 13.6. The molecule has 9 aliphatic carbocycles. The number of allylic oxidation sites excluding steroid dienone is 5. The Balaban J connectivity index is 0.000000146. The van der Waals surface area contributed by atoms with Gasteiger partial charge >= 0.3 is 12.2 Å². The lowest BCUT2D eigenvalue weighted by molar-refractivity contribution is -0.147. The van der Waals surface area contributed by atoms with Crippen LogP contribution in [0.5, 0.6) is 0 Å². The minimum Gasteiger partial charge on any atom is -0.445 e. The summed E-state index contributed by atoms with van der Waals surface area (Å²) in [6, 6.07) is 20.3. The summed E-state index contributed by atoms with van der Waals surface area (Å²) in [7, 11) is 0. The topological polar surface area (TPSA) is 77.5 Å². The van der Waals surface area contributed by atoms with Crippen molar-refractivity contribution in [3.05, 3.63) is 106 Å². The molecule has 438 valence electrons. The molecule has 3 spiro atoms. The lowest BCUT2D eigenvalue weighted by atomic mass is 9.55. The first-order chi connectivity index (χ1) is 38.8. The minimum absolute atomic E-state index is 0.0841. The quantitative estimate of drug-likeness (QED) is 0.284. The molecule has 13 aliphatic rings. The van der Waals surface area contributed by atoms with E-state index in [1.165, 1.54) is 95.5 Å². The van der Waals surface area contributed by atoms with E-state index in [2.05, 4.69) is 86.3 Å². The lowest BCUT2D eigenvalue weighted by Crippen LogP contribution is -2.56. The lowest BCUT2D eigenvalue weighted by Gasteiger charge is -2.50. The van der Waals surface area contributed by atoms with E-state index in [9.17, 15) is 9.59 Å². The smallest absolute Gasteiger partial charge is 0.410 e. The highest BCUT2D eigenvalue weighted by atomic mass is 16.6. The summed E-state index contributed by atoms with van der Waals surface area (Å²) in [4.78, 5) is 31.3. The van der Waals surface area contributed by atoms with Gasteiger partial charge in [-0.25, -0.2) is 9.59 Å². The second kappa shape index (κ2) is 19.8. The van der Waals surface area contributed by atoms with E-state index in [0.717, 1.165) is 84.9 Å². The van der Waals surface area contributed by atoms with Crippen LogP contribution in [0.1, 0.15) is 190 Å². The van der Waals surface area contributed by atoms with Crippen molar-refractivity contribution in [3.8, 4) is 0 Å². The number of nitrogens with zero attached hydrogens (tertiary/aromatic N) is 2. The van der Waals surface area contributed by atoms with E-state index in [4.69, 9.17) is 18.9 Å². The van der Waals surface area contributed by atoms with Crippen LogP contribution in [0.25, 0.3) is 0 Å². The Bertz CT molecular complexity index is 2860. The number of fused-ring (bicyclic) bond motifs is 12. The molecule has 4 saturated heterocycles. The van der Waals surface area contributed by atoms with Gasteiger partial charge in [0.15, 0.2) is 0 Å². The fourth-order valence-electron chi connectivity index (χ4n) is 23.1. The SMILES string of the molecule is CC1=C2C[C@H]3[C@@H](CC=C4C[C@@H](C)CC[C@@]43C)[C@@H]2CC[C@]12O[C@@H]1C[C@H](C)CN(C(=O)OCc3ccccc3)[C@H]1[C@H]2C.C[C@H]1CC[C@@]2(C)C(=CC[C@H]3[C@@H]4CC[C@]5(O[C@@H]6C[C@H](C)CN(C(=O)OCc7ccccc7)[C@H]6[C@H]5C)C5(C)CC45C[C@@H]32)C1. The van der Waals surface area contributed by atoms with Crippen molar-refractivity contribution in [2.75, 3.05) is 13.1 Å². The zero-order valence-electron chi connectivity index (χ0n) is 51.4. The van der Waals surface area contributed by atoms with Crippen LogP contribution in [0.2, 0.25) is 0 Å². The molecule has 0 radical (unpaired) electrons. The van der Waals surface area contributed by atoms with Gasteiger partial charge in [-0.3, -0.25) is 0 Å². The van der Waals surface area contributed by atoms with E-state index < -0.39 is 0 Å². The standard InChI is InChI=1S/C37H51NO3.C36H49NO3/c1-23-13-15-34(4)27(17-23)11-12-28-29-14-16-37(35(5)22-36(29,35)19-30(28)34)25(3)32-31(41-37)18-24(2)20-38(32)33(39)40-21-26-9-7-6-8-10-26;1-22-13-15-35(5)27(17-22)11-12-29-28-14-16-36(24(3)30(28)19-31(29)35)25(4)33-32(40-36)18-23(2)20-37(33)34(38)39-21-26-9-7-6-8-10-26/h6-11,23-25,28-32H,12-22H2,1-5H3;6-11,22-23,25,28-29,31-33H,12-21H2,1-5H3/t23-,24-,25+,28-,29-,30-,31+,32-,34-,35?,36?,37+;22-,23-,25+,28-,29-,31-,32+,33-,35-,36-/m00/s1. The third-order valence-electron chi connectivity index (χ3n) is 27.3. The average molecular weight is 1100 g/mol. The van der Waals surface area contributed by atoms with Crippen molar-refractivity contribution >= 4 is 12.2 Å². The number of benzene rings is 2. The van der Waals surface area contributed by atoms with Gasteiger partial charge < -0.3 is 28.7 Å². The molecular formula is C73H100N2O6. The van der Waals surface area contributed by atoms with Gasteiger partial charge in [0.05, 0.1) is 35.5 Å². The number of carbonyl (C=O) groups excluding carboxylic acids is 2. The molecule has 4 aliphatic heterocycles. The van der Waals surface area contributed by atoms with Gasteiger partial charge in [0.2, 0.25) is 0 Å². The van der Waals surface area contributed by atoms with Crippen molar-refractivity contribution in [2.45, 2.75) is 227 Å². The predicted octanol–water partition coefficient (Wildman–Crippen LogP) is 16.7. The first-order valence-electron chi connectivity index (χ1n) is 33.2. The molecule has 6 saturated carbocycles. The molecule has 4 heterocycles. The third-order valence-corrected chi connectivity index (χ3v) is 27.3. The Labute approximate surface area is 487 Å². The highest BCUT2D eigenvalue weighted by molar-refractivity contribution is 5.69. The molecule has 2 unspecified atom stereocenters. The molecule has 0 N–H and O–H groups in total. The van der Waals surface area contributed by atoms with Crippen LogP contribution in [0.15, 0.2) is 95.1 Å². The molecule has 2 aromatic carbocycles. The number of piperidine rings is 2. The molecule has 15 rings (SSSR count). The molecule has 10 fully saturated rings. The Kier molecular flexibility index (Phi) is 13.5. The predicted molar refractivity (Wildman–Crippen MR) is 319 cm³/mol. The molecular weight excluding hydrogens is 1000 g/mol. The van der Waals surface area contributed by atoms with Crippen molar-refractivity contribution in [3.63, 3.8) is 0 Å². The molecule has 2 amide bonds. The van der Waals surface area contributed by atoms with E-state index >= 15 is 0 Å².